The van der Waals surface area contributed by atoms with E-state index in [-0.39, 0.29) is 11.5 Å². The first-order chi connectivity index (χ1) is 20.8. The van der Waals surface area contributed by atoms with Crippen molar-refractivity contribution in [1.29, 1.82) is 0 Å². The molecule has 6 rings (SSSR count). The summed E-state index contributed by atoms with van der Waals surface area (Å²) in [6.45, 7) is 17.5. The number of hydrogen-bond donors (Lipinski definition) is 4. The molecule has 3 aromatic heterocycles. The van der Waals surface area contributed by atoms with Gasteiger partial charge in [0.1, 0.15) is 41.9 Å². The minimum Gasteiger partial charge on any atom is -0.387 e. The minimum absolute atomic E-state index is 0.107. The van der Waals surface area contributed by atoms with Crippen molar-refractivity contribution in [3.05, 3.63) is 54.3 Å². The maximum absolute atomic E-state index is 11.1. The number of aromatic nitrogens is 5. The summed E-state index contributed by atoms with van der Waals surface area (Å²) >= 11 is 0. The largest absolute Gasteiger partial charge is 0.387 e. The second-order valence-corrected chi connectivity index (χ2v) is 14.2. The first-order valence-electron chi connectivity index (χ1n) is 15.8. The van der Waals surface area contributed by atoms with Gasteiger partial charge in [0.05, 0.1) is 16.4 Å². The number of allylic oxidation sites excluding steroid dienone is 1. The van der Waals surface area contributed by atoms with Crippen molar-refractivity contribution in [2.45, 2.75) is 109 Å². The molecule has 0 amide bonds. The van der Waals surface area contributed by atoms with Crippen LogP contribution in [-0.2, 0) is 16.6 Å². The SMILES string of the molecule is C=C(C)c1cn(C2OC(CN(C(C)C)C3CC(CCc4nc5ccc(C(C)(C)C)cc5[nH]4)C3)C(O)C2O)c2ncnc(N)c12. The van der Waals surface area contributed by atoms with E-state index in [0.29, 0.717) is 35.4 Å². The van der Waals surface area contributed by atoms with Crippen LogP contribution in [0.25, 0.3) is 27.6 Å². The smallest absolute Gasteiger partial charge is 0.164 e. The maximum atomic E-state index is 11.1. The number of aliphatic hydroxyl groups is 2. The summed E-state index contributed by atoms with van der Waals surface area (Å²) in [4.78, 5) is 19.4. The molecule has 4 atom stereocenters. The van der Waals surface area contributed by atoms with Gasteiger partial charge in [0.15, 0.2) is 6.23 Å². The number of anilines is 1. The highest BCUT2D eigenvalue weighted by atomic mass is 16.6. The van der Waals surface area contributed by atoms with Crippen molar-refractivity contribution in [3.63, 3.8) is 0 Å². The van der Waals surface area contributed by atoms with Crippen LogP contribution in [0.5, 0.6) is 0 Å². The summed E-state index contributed by atoms with van der Waals surface area (Å²) in [5, 5.41) is 22.9. The highest BCUT2D eigenvalue weighted by Crippen LogP contribution is 2.40. The van der Waals surface area contributed by atoms with E-state index >= 15 is 0 Å². The Bertz CT molecular complexity index is 1660. The molecule has 236 valence electrons. The third kappa shape index (κ3) is 5.64. The summed E-state index contributed by atoms with van der Waals surface area (Å²) in [6, 6.07) is 7.22. The number of nitrogens with two attached hydrogens (primary N) is 1. The van der Waals surface area contributed by atoms with E-state index in [9.17, 15) is 10.2 Å². The number of hydrogen-bond acceptors (Lipinski definition) is 8. The predicted molar refractivity (Wildman–Crippen MR) is 174 cm³/mol. The van der Waals surface area contributed by atoms with Crippen LogP contribution in [0.15, 0.2) is 37.3 Å². The van der Waals surface area contributed by atoms with Gasteiger partial charge in [-0.2, -0.15) is 0 Å². The van der Waals surface area contributed by atoms with E-state index in [1.54, 1.807) is 4.57 Å². The van der Waals surface area contributed by atoms with Crippen LogP contribution in [-0.4, -0.2) is 76.6 Å². The van der Waals surface area contributed by atoms with Crippen LogP contribution in [0.3, 0.4) is 0 Å². The van der Waals surface area contributed by atoms with Crippen LogP contribution in [0, 0.1) is 5.92 Å². The Morgan fingerprint density at radius 2 is 1.95 bits per heavy atom. The number of benzene rings is 1. The Hall–Kier alpha value is -3.31. The van der Waals surface area contributed by atoms with Crippen LogP contribution < -0.4 is 5.73 Å². The quantitative estimate of drug-likeness (QED) is 0.211. The molecule has 10 heteroatoms. The average molecular weight is 602 g/mol. The van der Waals surface area contributed by atoms with Crippen LogP contribution >= 0.6 is 0 Å². The summed E-state index contributed by atoms with van der Waals surface area (Å²) in [6.07, 6.45) is 3.96. The fourth-order valence-electron chi connectivity index (χ4n) is 6.92. The van der Waals surface area contributed by atoms with Crippen molar-refractivity contribution < 1.29 is 14.9 Å². The summed E-state index contributed by atoms with van der Waals surface area (Å²) in [5.41, 5.74) is 11.9. The first kappa shape index (κ1) is 30.7. The average Bonchev–Trinajstić information content (AvgIpc) is 3.60. The lowest BCUT2D eigenvalue weighted by molar-refractivity contribution is -0.0618. The number of fused-ring (bicyclic) bond motifs is 2. The number of nitrogens with one attached hydrogen (secondary N) is 1. The van der Waals surface area contributed by atoms with Crippen molar-refractivity contribution >= 4 is 33.5 Å². The van der Waals surface area contributed by atoms with Crippen LogP contribution in [0.1, 0.15) is 84.0 Å². The van der Waals surface area contributed by atoms with Gasteiger partial charge in [-0.3, -0.25) is 4.90 Å². The molecule has 1 aromatic carbocycles. The number of H-pyrrole nitrogens is 1. The summed E-state index contributed by atoms with van der Waals surface area (Å²) < 4.78 is 8.14. The van der Waals surface area contributed by atoms with E-state index in [1.165, 1.54) is 11.9 Å². The molecule has 44 heavy (non-hydrogen) atoms. The first-order valence-corrected chi connectivity index (χ1v) is 15.8. The molecule has 2 aliphatic rings. The standard InChI is InChI=1S/C34H47N7O3/c1-18(2)23-15-41(32-28(23)31(35)36-17-37-32)33-30(43)29(42)26(44-33)16-40(19(3)4)22-12-20(13-22)8-11-27-38-24-10-9-21(34(5,6)7)14-25(24)39-27/h9-10,14-15,17,19-20,22,26,29-30,33,42-43H,1,8,11-13,16H2,2-7H3,(H,38,39)(H2,35,36,37). The van der Waals surface area contributed by atoms with E-state index < -0.39 is 24.5 Å². The molecule has 0 bridgehead atoms. The van der Waals surface area contributed by atoms with Gasteiger partial charge < -0.3 is 30.2 Å². The van der Waals surface area contributed by atoms with E-state index in [0.717, 1.165) is 53.7 Å². The van der Waals surface area contributed by atoms with Gasteiger partial charge in [-0.05, 0) is 74.6 Å². The van der Waals surface area contributed by atoms with Crippen molar-refractivity contribution in [1.82, 2.24) is 29.4 Å². The third-order valence-electron chi connectivity index (χ3n) is 9.63. The Morgan fingerprint density at radius 3 is 2.64 bits per heavy atom. The molecule has 1 saturated carbocycles. The topological polar surface area (TPSA) is 138 Å². The number of rotatable bonds is 9. The van der Waals surface area contributed by atoms with Crippen LogP contribution in [0.2, 0.25) is 0 Å². The van der Waals surface area contributed by atoms with Crippen molar-refractivity contribution in [2.24, 2.45) is 5.92 Å². The number of nitrogen functional groups attached to an aromatic ring is 1. The molecule has 0 radical (unpaired) electrons. The fraction of sp³-hybridized carbons (Fsp3) is 0.559. The maximum Gasteiger partial charge on any atom is 0.164 e. The number of aryl methyl sites for hydroxylation is 1. The molecule has 4 unspecified atom stereocenters. The number of imidazole rings is 1. The molecule has 2 fully saturated rings. The van der Waals surface area contributed by atoms with Gasteiger partial charge in [0.25, 0.3) is 0 Å². The third-order valence-corrected chi connectivity index (χ3v) is 9.63. The minimum atomic E-state index is -1.11. The lowest BCUT2D eigenvalue weighted by atomic mass is 9.76. The normalized spacial score (nSPS) is 25.9. The molecule has 10 nitrogen and oxygen atoms in total. The molecule has 4 heterocycles. The molecular formula is C34H47N7O3. The second-order valence-electron chi connectivity index (χ2n) is 14.2. The van der Waals surface area contributed by atoms with Gasteiger partial charge in [-0.15, -0.1) is 0 Å². The van der Waals surface area contributed by atoms with E-state index in [1.807, 2.05) is 13.1 Å². The Morgan fingerprint density at radius 1 is 1.20 bits per heavy atom. The Labute approximate surface area is 259 Å². The second kappa shape index (κ2) is 11.6. The zero-order chi connectivity index (χ0) is 31.5. The van der Waals surface area contributed by atoms with Gasteiger partial charge in [0, 0.05) is 36.8 Å². The van der Waals surface area contributed by atoms with Crippen molar-refractivity contribution in [2.75, 3.05) is 12.3 Å². The summed E-state index contributed by atoms with van der Waals surface area (Å²) in [7, 11) is 0. The summed E-state index contributed by atoms with van der Waals surface area (Å²) in [5.74, 6) is 2.03. The molecule has 5 N–H and O–H groups in total. The van der Waals surface area contributed by atoms with Gasteiger partial charge in [-0.1, -0.05) is 33.4 Å². The highest BCUT2D eigenvalue weighted by Gasteiger charge is 2.46. The molecule has 1 aliphatic heterocycles. The predicted octanol–water partition coefficient (Wildman–Crippen LogP) is 4.96. The lowest BCUT2D eigenvalue weighted by Gasteiger charge is -2.46. The zero-order valence-corrected chi connectivity index (χ0v) is 26.8. The molecule has 1 saturated heterocycles. The van der Waals surface area contributed by atoms with Gasteiger partial charge >= 0.3 is 0 Å². The number of aromatic amines is 1. The Balaban J connectivity index is 1.09. The lowest BCUT2D eigenvalue weighted by Crippen LogP contribution is -2.52. The highest BCUT2D eigenvalue weighted by molar-refractivity contribution is 5.97. The molecular weight excluding hydrogens is 554 g/mol. The zero-order valence-electron chi connectivity index (χ0n) is 26.8. The van der Waals surface area contributed by atoms with Crippen molar-refractivity contribution in [3.8, 4) is 0 Å². The molecule has 1 aliphatic carbocycles. The van der Waals surface area contributed by atoms with Crippen LogP contribution in [0.4, 0.5) is 5.82 Å². The van der Waals surface area contributed by atoms with Gasteiger partial charge in [0.2, 0.25) is 0 Å². The number of ether oxygens (including phenoxy) is 1. The van der Waals surface area contributed by atoms with Gasteiger partial charge in [-0.25, -0.2) is 15.0 Å². The van der Waals surface area contributed by atoms with E-state index in [2.05, 4.69) is 79.2 Å². The molecule has 4 aromatic rings. The Kier molecular flexibility index (Phi) is 8.07. The molecule has 0 spiro atoms. The fourth-order valence-corrected chi connectivity index (χ4v) is 6.92. The number of aliphatic hydroxyl groups excluding tert-OH is 2. The van der Waals surface area contributed by atoms with E-state index in [4.69, 9.17) is 15.5 Å². The monoisotopic (exact) mass is 601 g/mol. The number of nitrogens with zero attached hydrogens (tertiary/aromatic N) is 5.